The van der Waals surface area contributed by atoms with E-state index in [4.69, 9.17) is 5.11 Å². The third-order valence-electron chi connectivity index (χ3n) is 4.96. The Morgan fingerprint density at radius 1 is 0.862 bits per heavy atom. The molecule has 2 aromatic rings. The van der Waals surface area contributed by atoms with Gasteiger partial charge in [0.05, 0.1) is 6.61 Å². The zero-order valence-corrected chi connectivity index (χ0v) is 17.7. The van der Waals surface area contributed by atoms with Gasteiger partial charge in [0.15, 0.2) is 5.71 Å². The third-order valence-corrected chi connectivity index (χ3v) is 4.96. The molecule has 0 fully saturated rings. The van der Waals surface area contributed by atoms with Crippen LogP contribution in [-0.4, -0.2) is 56.7 Å². The lowest BCUT2D eigenvalue weighted by molar-refractivity contribution is -0.462. The van der Waals surface area contributed by atoms with Crippen molar-refractivity contribution in [2.24, 2.45) is 0 Å². The summed E-state index contributed by atoms with van der Waals surface area (Å²) in [4.78, 5) is 2.11. The Morgan fingerprint density at radius 2 is 1.41 bits per heavy atom. The molecular weight excluding hydrogens is 358 g/mol. The molecule has 4 heteroatoms. The molecule has 0 radical (unpaired) electrons. The van der Waals surface area contributed by atoms with Crippen LogP contribution in [0.3, 0.4) is 0 Å². The van der Waals surface area contributed by atoms with Crippen molar-refractivity contribution in [2.45, 2.75) is 0 Å². The molecule has 0 heterocycles. The number of nitrogens with one attached hydrogen (secondary N) is 1. The van der Waals surface area contributed by atoms with E-state index in [1.807, 2.05) is 0 Å². The van der Waals surface area contributed by atoms with Gasteiger partial charge >= 0.3 is 0 Å². The molecule has 0 aromatic heterocycles. The monoisotopic (exact) mass is 388 g/mol. The van der Waals surface area contributed by atoms with Crippen LogP contribution in [0.1, 0.15) is 11.1 Å². The lowest BCUT2D eigenvalue weighted by Crippen LogP contribution is -2.10. The molecule has 2 aromatic carbocycles. The largest absolute Gasteiger partial charge is 0.395 e. The molecule has 0 saturated heterocycles. The lowest BCUT2D eigenvalue weighted by atomic mass is 9.90. The van der Waals surface area contributed by atoms with Crippen LogP contribution in [0.2, 0.25) is 0 Å². The second kappa shape index (κ2) is 9.39. The second-order valence-electron chi connectivity index (χ2n) is 7.49. The number of hydrogen-bond acceptors (Lipinski definition) is 3. The average Bonchev–Trinajstić information content (AvgIpc) is 2.74. The minimum atomic E-state index is 0.121. The molecule has 3 rings (SSSR count). The third kappa shape index (κ3) is 5.04. The zero-order chi connectivity index (χ0) is 20.8. The van der Waals surface area contributed by atoms with Gasteiger partial charge in [0.2, 0.25) is 0 Å². The first-order chi connectivity index (χ1) is 14.0. The predicted molar refractivity (Wildman–Crippen MR) is 124 cm³/mol. The quantitative estimate of drug-likeness (QED) is 0.740. The van der Waals surface area contributed by atoms with E-state index in [1.165, 1.54) is 28.1 Å². The molecule has 0 aliphatic heterocycles. The van der Waals surface area contributed by atoms with E-state index in [0.29, 0.717) is 6.54 Å². The van der Waals surface area contributed by atoms with E-state index in [-0.39, 0.29) is 6.61 Å². The van der Waals surface area contributed by atoms with Gasteiger partial charge in [-0.15, -0.1) is 0 Å². The van der Waals surface area contributed by atoms with E-state index in [9.17, 15) is 0 Å². The number of anilines is 2. The number of aliphatic hydroxyl groups is 1. The minimum absolute atomic E-state index is 0.121. The van der Waals surface area contributed by atoms with E-state index in [1.54, 1.807) is 0 Å². The van der Waals surface area contributed by atoms with Gasteiger partial charge in [-0.05, 0) is 58.7 Å². The molecule has 0 unspecified atom stereocenters. The number of aliphatic hydroxyl groups excluding tert-OH is 1. The minimum Gasteiger partial charge on any atom is -0.395 e. The molecule has 0 atom stereocenters. The average molecular weight is 389 g/mol. The number of benzene rings is 2. The van der Waals surface area contributed by atoms with Crippen LogP contribution in [0.15, 0.2) is 78.4 Å². The van der Waals surface area contributed by atoms with Crippen molar-refractivity contribution in [3.63, 3.8) is 0 Å². The van der Waals surface area contributed by atoms with Crippen LogP contribution >= 0.6 is 0 Å². The van der Waals surface area contributed by atoms with Gasteiger partial charge in [-0.25, -0.2) is 4.58 Å². The summed E-state index contributed by atoms with van der Waals surface area (Å²) in [6, 6.07) is 17.1. The van der Waals surface area contributed by atoms with Gasteiger partial charge in [-0.1, -0.05) is 24.3 Å². The van der Waals surface area contributed by atoms with Crippen molar-refractivity contribution in [1.29, 1.82) is 0 Å². The van der Waals surface area contributed by atoms with Crippen molar-refractivity contribution in [3.05, 3.63) is 89.5 Å². The van der Waals surface area contributed by atoms with Gasteiger partial charge < -0.3 is 15.3 Å². The topological polar surface area (TPSA) is 38.5 Å². The fraction of sp³-hybridized carbons (Fsp3) is 0.240. The molecule has 0 amide bonds. The molecule has 0 bridgehead atoms. The van der Waals surface area contributed by atoms with Crippen molar-refractivity contribution >= 4 is 22.7 Å². The molecular formula is C25H30N3O+. The Hall–Kier alpha value is -3.11. The standard InChI is InChI=1S/C25H29N3O/c1-27(2)23-13-7-20(8-14-23)25(21-9-15-24(16-10-21)28(3)4)19-5-11-22(12-6-19)26-17-18-29/h5-16,29H,17-18H2,1-4H3/p+1. The SMILES string of the molecule is CN(C)c1ccc(C(=C2C=CC(=[N+](C)C)C=C2)c2ccc(NCCO)cc2)cc1. The van der Waals surface area contributed by atoms with Gasteiger partial charge in [-0.3, -0.25) is 0 Å². The van der Waals surface area contributed by atoms with Crippen LogP contribution < -0.4 is 10.2 Å². The molecule has 4 nitrogen and oxygen atoms in total. The summed E-state index contributed by atoms with van der Waals surface area (Å²) in [5, 5.41) is 12.2. The van der Waals surface area contributed by atoms with E-state index < -0.39 is 0 Å². The van der Waals surface area contributed by atoms with Crippen molar-refractivity contribution < 1.29 is 9.68 Å². The Morgan fingerprint density at radius 3 is 1.90 bits per heavy atom. The van der Waals surface area contributed by atoms with Crippen LogP contribution in [-0.2, 0) is 0 Å². The fourth-order valence-corrected chi connectivity index (χ4v) is 3.31. The first-order valence-corrected chi connectivity index (χ1v) is 9.87. The Kier molecular flexibility index (Phi) is 6.68. The summed E-state index contributed by atoms with van der Waals surface area (Å²) in [7, 11) is 8.21. The van der Waals surface area contributed by atoms with Crippen LogP contribution in [0.5, 0.6) is 0 Å². The van der Waals surface area contributed by atoms with Crippen molar-refractivity contribution in [1.82, 2.24) is 0 Å². The first-order valence-electron chi connectivity index (χ1n) is 9.87. The number of rotatable bonds is 6. The maximum absolute atomic E-state index is 9.02. The smallest absolute Gasteiger partial charge is 0.199 e. The molecule has 150 valence electrons. The Bertz CT molecular complexity index is 940. The second-order valence-corrected chi connectivity index (χ2v) is 7.49. The zero-order valence-electron chi connectivity index (χ0n) is 17.7. The molecule has 1 aliphatic carbocycles. The number of allylic oxidation sites excluding steroid dienone is 5. The molecule has 1 aliphatic rings. The highest BCUT2D eigenvalue weighted by Gasteiger charge is 2.13. The van der Waals surface area contributed by atoms with Gasteiger partial charge in [0.1, 0.15) is 14.1 Å². The molecule has 0 spiro atoms. The number of nitrogens with zero attached hydrogens (tertiary/aromatic N) is 2. The Balaban J connectivity index is 2.05. The maximum Gasteiger partial charge on any atom is 0.199 e. The molecule has 0 saturated carbocycles. The first kappa shape index (κ1) is 20.6. The van der Waals surface area contributed by atoms with Crippen molar-refractivity contribution in [3.8, 4) is 0 Å². The maximum atomic E-state index is 9.02. The van der Waals surface area contributed by atoms with E-state index in [0.717, 1.165) is 11.3 Å². The summed E-state index contributed by atoms with van der Waals surface area (Å²) < 4.78 is 2.11. The van der Waals surface area contributed by atoms with Crippen LogP contribution in [0, 0.1) is 0 Å². The summed E-state index contributed by atoms with van der Waals surface area (Å²) >= 11 is 0. The Labute approximate surface area is 173 Å². The summed E-state index contributed by atoms with van der Waals surface area (Å²) in [5.41, 5.74) is 8.10. The predicted octanol–water partition coefficient (Wildman–Crippen LogP) is 3.80. The number of hydrogen-bond donors (Lipinski definition) is 2. The van der Waals surface area contributed by atoms with Gasteiger partial charge in [-0.2, -0.15) is 0 Å². The van der Waals surface area contributed by atoms with Gasteiger partial charge in [0, 0.05) is 44.2 Å². The van der Waals surface area contributed by atoms with E-state index in [2.05, 4.69) is 116 Å². The molecule has 29 heavy (non-hydrogen) atoms. The summed E-state index contributed by atoms with van der Waals surface area (Å²) in [6.45, 7) is 0.670. The van der Waals surface area contributed by atoms with Gasteiger partial charge in [0.25, 0.3) is 0 Å². The highest BCUT2D eigenvalue weighted by Crippen LogP contribution is 2.31. The van der Waals surface area contributed by atoms with Crippen LogP contribution in [0.25, 0.3) is 5.57 Å². The fourth-order valence-electron chi connectivity index (χ4n) is 3.31. The highest BCUT2D eigenvalue weighted by molar-refractivity contribution is 6.04. The van der Waals surface area contributed by atoms with Crippen LogP contribution in [0.4, 0.5) is 11.4 Å². The summed E-state index contributed by atoms with van der Waals surface area (Å²) in [6.07, 6.45) is 8.67. The molecule has 2 N–H and O–H groups in total. The van der Waals surface area contributed by atoms with E-state index >= 15 is 0 Å². The van der Waals surface area contributed by atoms with Crippen molar-refractivity contribution in [2.75, 3.05) is 51.6 Å². The highest BCUT2D eigenvalue weighted by atomic mass is 16.3. The lowest BCUT2D eigenvalue weighted by Gasteiger charge is -2.17. The summed E-state index contributed by atoms with van der Waals surface area (Å²) in [5.74, 6) is 0. The normalized spacial score (nSPS) is 12.9.